The van der Waals surface area contributed by atoms with E-state index in [1.165, 1.54) is 0 Å². The van der Waals surface area contributed by atoms with Crippen LogP contribution in [0.5, 0.6) is 0 Å². The van der Waals surface area contributed by atoms with E-state index in [9.17, 15) is 9.59 Å². The molecule has 2 atom stereocenters. The monoisotopic (exact) mass is 423 g/mol. The summed E-state index contributed by atoms with van der Waals surface area (Å²) in [6.45, 7) is 8.33. The van der Waals surface area contributed by atoms with Crippen molar-refractivity contribution in [3.63, 3.8) is 0 Å². The molecular formula is C24H33N5O2. The van der Waals surface area contributed by atoms with E-state index < -0.39 is 0 Å². The first-order valence-corrected chi connectivity index (χ1v) is 11.1. The molecule has 1 aromatic carbocycles. The maximum atomic E-state index is 13.0. The number of nitrogens with zero attached hydrogens (tertiary/aromatic N) is 5. The fourth-order valence-electron chi connectivity index (χ4n) is 5.40. The number of fused-ring (bicyclic) bond motifs is 1. The summed E-state index contributed by atoms with van der Waals surface area (Å²) in [4.78, 5) is 32.3. The number of amides is 2. The third kappa shape index (κ3) is 4.37. The van der Waals surface area contributed by atoms with Gasteiger partial charge in [0.05, 0.1) is 5.69 Å². The Labute approximate surface area is 184 Å². The van der Waals surface area contributed by atoms with Crippen LogP contribution in [0.2, 0.25) is 0 Å². The molecule has 31 heavy (non-hydrogen) atoms. The Balaban J connectivity index is 1.43. The van der Waals surface area contributed by atoms with E-state index in [4.69, 9.17) is 0 Å². The lowest BCUT2D eigenvalue weighted by molar-refractivity contribution is -0.131. The van der Waals surface area contributed by atoms with Crippen LogP contribution in [-0.4, -0.2) is 83.1 Å². The van der Waals surface area contributed by atoms with Gasteiger partial charge in [0.2, 0.25) is 5.91 Å². The molecule has 0 radical (unpaired) electrons. The molecule has 0 aliphatic carbocycles. The van der Waals surface area contributed by atoms with Crippen LogP contribution in [0.3, 0.4) is 0 Å². The minimum Gasteiger partial charge on any atom is -0.342 e. The molecule has 3 heterocycles. The molecule has 2 aliphatic heterocycles. The maximum absolute atomic E-state index is 13.0. The normalized spacial score (nSPS) is 22.9. The molecule has 2 fully saturated rings. The minimum atomic E-state index is -0.0677. The number of rotatable bonds is 6. The number of benzene rings is 1. The van der Waals surface area contributed by atoms with Crippen LogP contribution in [0.1, 0.15) is 28.2 Å². The second-order valence-electron chi connectivity index (χ2n) is 9.52. The van der Waals surface area contributed by atoms with Crippen molar-refractivity contribution in [1.82, 2.24) is 24.5 Å². The van der Waals surface area contributed by atoms with E-state index in [0.717, 1.165) is 30.0 Å². The number of aromatic nitrogens is 2. The van der Waals surface area contributed by atoms with Crippen LogP contribution in [0, 0.1) is 25.2 Å². The number of likely N-dealkylation sites (tertiary alicyclic amines) is 2. The van der Waals surface area contributed by atoms with Crippen molar-refractivity contribution < 1.29 is 9.59 Å². The summed E-state index contributed by atoms with van der Waals surface area (Å²) in [6, 6.07) is 11.5. The van der Waals surface area contributed by atoms with Crippen LogP contribution in [0.4, 0.5) is 0 Å². The van der Waals surface area contributed by atoms with E-state index >= 15 is 0 Å². The van der Waals surface area contributed by atoms with Gasteiger partial charge in [-0.15, -0.1) is 0 Å². The van der Waals surface area contributed by atoms with Crippen LogP contribution in [0.25, 0.3) is 0 Å². The molecule has 166 valence electrons. The van der Waals surface area contributed by atoms with Crippen LogP contribution >= 0.6 is 0 Å². The van der Waals surface area contributed by atoms with Crippen molar-refractivity contribution in [3.05, 3.63) is 53.3 Å². The molecule has 4 rings (SSSR count). The third-order valence-corrected chi connectivity index (χ3v) is 6.69. The van der Waals surface area contributed by atoms with Crippen molar-refractivity contribution in [2.45, 2.75) is 26.8 Å². The predicted molar refractivity (Wildman–Crippen MR) is 120 cm³/mol. The average molecular weight is 424 g/mol. The molecule has 0 N–H and O–H groups in total. The number of aryl methyl sites for hydroxylation is 3. The summed E-state index contributed by atoms with van der Waals surface area (Å²) >= 11 is 0. The Kier molecular flexibility index (Phi) is 5.88. The van der Waals surface area contributed by atoms with Crippen LogP contribution in [-0.2, 0) is 11.3 Å². The largest absolute Gasteiger partial charge is 0.342 e. The van der Waals surface area contributed by atoms with E-state index in [2.05, 4.69) is 24.1 Å². The van der Waals surface area contributed by atoms with Crippen molar-refractivity contribution in [2.75, 3.05) is 46.8 Å². The average Bonchev–Trinajstić information content (AvgIpc) is 3.34. The maximum Gasteiger partial charge on any atom is 0.253 e. The summed E-state index contributed by atoms with van der Waals surface area (Å²) in [5.41, 5.74) is 2.73. The first kappa shape index (κ1) is 21.6. The lowest BCUT2D eigenvalue weighted by Gasteiger charge is -2.32. The SMILES string of the molecule is Cc1cc(C)n(CCC(=O)N2C[C@H]3CN(C(=O)c4ccccc4)C[C@@]3(CN(C)C)C2)n1. The second-order valence-corrected chi connectivity index (χ2v) is 9.52. The van der Waals surface area contributed by atoms with E-state index in [-0.39, 0.29) is 17.2 Å². The van der Waals surface area contributed by atoms with Crippen LogP contribution < -0.4 is 0 Å². The minimum absolute atomic E-state index is 0.0677. The lowest BCUT2D eigenvalue weighted by Crippen LogP contribution is -2.43. The molecule has 7 nitrogen and oxygen atoms in total. The molecular weight excluding hydrogens is 390 g/mol. The van der Waals surface area contributed by atoms with Gasteiger partial charge in [-0.25, -0.2) is 0 Å². The highest BCUT2D eigenvalue weighted by Crippen LogP contribution is 2.43. The van der Waals surface area contributed by atoms with Gasteiger partial charge in [-0.1, -0.05) is 18.2 Å². The van der Waals surface area contributed by atoms with Gasteiger partial charge in [-0.2, -0.15) is 5.10 Å². The van der Waals surface area contributed by atoms with Gasteiger partial charge >= 0.3 is 0 Å². The highest BCUT2D eigenvalue weighted by atomic mass is 16.2. The molecule has 2 amide bonds. The number of hydrogen-bond acceptors (Lipinski definition) is 4. The fourth-order valence-corrected chi connectivity index (χ4v) is 5.40. The Morgan fingerprint density at radius 2 is 1.77 bits per heavy atom. The zero-order valence-electron chi connectivity index (χ0n) is 19.0. The van der Waals surface area contributed by atoms with Gasteiger partial charge in [0, 0.05) is 68.3 Å². The summed E-state index contributed by atoms with van der Waals surface area (Å²) in [6.07, 6.45) is 0.458. The molecule has 0 spiro atoms. The zero-order valence-corrected chi connectivity index (χ0v) is 19.0. The second kappa shape index (κ2) is 8.46. The highest BCUT2D eigenvalue weighted by molar-refractivity contribution is 5.94. The van der Waals surface area contributed by atoms with E-state index in [1.807, 2.05) is 64.7 Å². The highest BCUT2D eigenvalue weighted by Gasteiger charge is 2.54. The summed E-state index contributed by atoms with van der Waals surface area (Å²) in [7, 11) is 4.14. The summed E-state index contributed by atoms with van der Waals surface area (Å²) in [5, 5.41) is 4.47. The molecule has 0 unspecified atom stereocenters. The Bertz CT molecular complexity index is 954. The van der Waals surface area contributed by atoms with Crippen molar-refractivity contribution in [3.8, 4) is 0 Å². The van der Waals surface area contributed by atoms with Gasteiger partial charge in [0.15, 0.2) is 0 Å². The molecule has 0 bridgehead atoms. The number of carbonyl (C=O) groups is 2. The Hall–Kier alpha value is -2.67. The van der Waals surface area contributed by atoms with Gasteiger partial charge in [-0.05, 0) is 46.1 Å². The topological polar surface area (TPSA) is 61.7 Å². The number of hydrogen-bond donors (Lipinski definition) is 0. The molecule has 7 heteroatoms. The standard InChI is InChI=1S/C24H33N5O2/c1-18-12-19(2)29(25-18)11-10-22(30)27-13-21-14-28(17-24(21,16-27)15-26(3)4)23(31)20-8-6-5-7-9-20/h5-9,12,21H,10-11,13-17H2,1-4H3/t21-,24+/m0/s1. The zero-order chi connectivity index (χ0) is 22.2. The van der Waals surface area contributed by atoms with E-state index in [1.54, 1.807) is 0 Å². The quantitative estimate of drug-likeness (QED) is 0.714. The molecule has 2 saturated heterocycles. The number of carbonyl (C=O) groups excluding carboxylic acids is 2. The molecule has 2 aliphatic rings. The van der Waals surface area contributed by atoms with Crippen LogP contribution in [0.15, 0.2) is 36.4 Å². The summed E-state index contributed by atoms with van der Waals surface area (Å²) in [5.74, 6) is 0.580. The molecule has 1 aromatic heterocycles. The third-order valence-electron chi connectivity index (χ3n) is 6.69. The first-order valence-electron chi connectivity index (χ1n) is 11.1. The molecule has 0 saturated carbocycles. The van der Waals surface area contributed by atoms with Gasteiger partial charge < -0.3 is 14.7 Å². The predicted octanol–water partition coefficient (Wildman–Crippen LogP) is 2.05. The van der Waals surface area contributed by atoms with E-state index in [0.29, 0.717) is 38.5 Å². The lowest BCUT2D eigenvalue weighted by atomic mass is 9.80. The van der Waals surface area contributed by atoms with Gasteiger partial charge in [0.25, 0.3) is 5.91 Å². The smallest absolute Gasteiger partial charge is 0.253 e. The van der Waals surface area contributed by atoms with Crippen molar-refractivity contribution in [2.24, 2.45) is 11.3 Å². The molecule has 2 aromatic rings. The first-order chi connectivity index (χ1) is 14.8. The van der Waals surface area contributed by atoms with Crippen molar-refractivity contribution in [1.29, 1.82) is 0 Å². The fraction of sp³-hybridized carbons (Fsp3) is 0.542. The van der Waals surface area contributed by atoms with Crippen molar-refractivity contribution >= 4 is 11.8 Å². The Morgan fingerprint density at radius 3 is 2.42 bits per heavy atom. The Morgan fingerprint density at radius 1 is 1.10 bits per heavy atom. The van der Waals surface area contributed by atoms with Gasteiger partial charge in [0.1, 0.15) is 0 Å². The summed E-state index contributed by atoms with van der Waals surface area (Å²) < 4.78 is 1.92. The van der Waals surface area contributed by atoms with Gasteiger partial charge in [-0.3, -0.25) is 14.3 Å².